The van der Waals surface area contributed by atoms with Gasteiger partial charge in [0.1, 0.15) is 6.04 Å². The number of carboxylic acids is 1. The molecule has 0 bridgehead atoms. The Hall–Kier alpha value is -2.04. The summed E-state index contributed by atoms with van der Waals surface area (Å²) in [6.45, 7) is 5.88. The number of rotatable bonds is 4. The molecule has 1 aliphatic carbocycles. The summed E-state index contributed by atoms with van der Waals surface area (Å²) in [6.07, 6.45) is 0.956. The van der Waals surface area contributed by atoms with E-state index in [-0.39, 0.29) is 0 Å². The van der Waals surface area contributed by atoms with Crippen LogP contribution in [0.25, 0.3) is 0 Å². The van der Waals surface area contributed by atoms with Gasteiger partial charge < -0.3 is 15.7 Å². The van der Waals surface area contributed by atoms with Gasteiger partial charge in [0.25, 0.3) is 0 Å². The van der Waals surface area contributed by atoms with E-state index >= 15 is 0 Å². The molecule has 0 radical (unpaired) electrons. The summed E-state index contributed by atoms with van der Waals surface area (Å²) in [7, 11) is 0. The highest BCUT2D eigenvalue weighted by Gasteiger charge is 2.33. The zero-order valence-corrected chi connectivity index (χ0v) is 12.6. The lowest BCUT2D eigenvalue weighted by atomic mass is 9.78. The highest BCUT2D eigenvalue weighted by molar-refractivity contribution is 5.83. The van der Waals surface area contributed by atoms with Crippen LogP contribution in [0.1, 0.15) is 37.8 Å². The molecular weight excluding hydrogens is 268 g/mol. The predicted octanol–water partition coefficient (Wildman–Crippen LogP) is 2.12. The molecule has 5 heteroatoms. The summed E-state index contributed by atoms with van der Waals surface area (Å²) in [5.74, 6) is -0.698. The number of carbonyl (C=O) groups excluding carboxylic acids is 1. The fraction of sp³-hybridized carbons (Fsp3) is 0.500. The van der Waals surface area contributed by atoms with E-state index in [9.17, 15) is 14.7 Å². The third-order valence-electron chi connectivity index (χ3n) is 3.86. The average Bonchev–Trinajstić information content (AvgIpc) is 2.35. The van der Waals surface area contributed by atoms with Gasteiger partial charge in [-0.3, -0.25) is 0 Å². The second-order valence-corrected chi connectivity index (χ2v) is 6.59. The second kappa shape index (κ2) is 5.76. The minimum atomic E-state index is -1.02. The van der Waals surface area contributed by atoms with Gasteiger partial charge >= 0.3 is 12.0 Å². The number of aliphatic carboxylic acids is 1. The molecule has 1 aromatic rings. The number of hydrogen-bond donors (Lipinski definition) is 3. The van der Waals surface area contributed by atoms with Crippen molar-refractivity contribution in [1.29, 1.82) is 0 Å². The van der Waals surface area contributed by atoms with E-state index < -0.39 is 23.5 Å². The number of nitrogens with one attached hydrogen (secondary N) is 2. The summed E-state index contributed by atoms with van der Waals surface area (Å²) >= 11 is 0. The van der Waals surface area contributed by atoms with Crippen molar-refractivity contribution in [2.45, 2.75) is 39.2 Å². The largest absolute Gasteiger partial charge is 0.480 e. The lowest BCUT2D eigenvalue weighted by Gasteiger charge is -2.31. The molecule has 0 saturated heterocycles. The Labute approximate surface area is 124 Å². The molecule has 2 rings (SSSR count). The van der Waals surface area contributed by atoms with Crippen molar-refractivity contribution >= 4 is 12.0 Å². The lowest BCUT2D eigenvalue weighted by molar-refractivity contribution is -0.141. The van der Waals surface area contributed by atoms with E-state index in [0.29, 0.717) is 12.5 Å². The van der Waals surface area contributed by atoms with E-state index in [1.165, 1.54) is 11.1 Å². The Morgan fingerprint density at radius 2 is 2.00 bits per heavy atom. The molecular formula is C16H22N2O3. The first kappa shape index (κ1) is 15.4. The van der Waals surface area contributed by atoms with Gasteiger partial charge in [0.15, 0.2) is 0 Å². The second-order valence-electron chi connectivity index (χ2n) is 6.59. The van der Waals surface area contributed by atoms with Crippen LogP contribution in [0.5, 0.6) is 0 Å². The van der Waals surface area contributed by atoms with Crippen LogP contribution in [-0.4, -0.2) is 29.7 Å². The van der Waals surface area contributed by atoms with Crippen molar-refractivity contribution < 1.29 is 14.7 Å². The lowest BCUT2D eigenvalue weighted by Crippen LogP contribution is -2.53. The summed E-state index contributed by atoms with van der Waals surface area (Å²) in [6, 6.07) is 6.82. The standard InChI is InChI=1S/C16H22N2O3/c1-16(2,3)13(14(19)20)18-15(21)17-9-11-8-10-6-4-5-7-12(10)11/h4-7,11,13H,8-9H2,1-3H3,(H,19,20)(H2,17,18,21)/t11?,13-/m1/s1. The van der Waals surface area contributed by atoms with Gasteiger partial charge in [0.2, 0.25) is 0 Å². The van der Waals surface area contributed by atoms with E-state index in [0.717, 1.165) is 6.42 Å². The van der Waals surface area contributed by atoms with Crippen molar-refractivity contribution in [2.75, 3.05) is 6.54 Å². The van der Waals surface area contributed by atoms with Gasteiger partial charge in [-0.1, -0.05) is 45.0 Å². The van der Waals surface area contributed by atoms with Crippen molar-refractivity contribution in [3.63, 3.8) is 0 Å². The molecule has 0 heterocycles. The maximum Gasteiger partial charge on any atom is 0.326 e. The first-order valence-corrected chi connectivity index (χ1v) is 7.14. The number of carbonyl (C=O) groups is 2. The maximum atomic E-state index is 11.9. The zero-order chi connectivity index (χ0) is 15.6. The number of urea groups is 1. The van der Waals surface area contributed by atoms with Crippen LogP contribution < -0.4 is 10.6 Å². The maximum absolute atomic E-state index is 11.9. The Morgan fingerprint density at radius 1 is 1.33 bits per heavy atom. The molecule has 1 aromatic carbocycles. The molecule has 5 nitrogen and oxygen atoms in total. The van der Waals surface area contributed by atoms with Crippen LogP contribution in [0.4, 0.5) is 4.79 Å². The number of fused-ring (bicyclic) bond motifs is 1. The summed E-state index contributed by atoms with van der Waals surface area (Å²) < 4.78 is 0. The van der Waals surface area contributed by atoms with Crippen molar-refractivity contribution in [1.82, 2.24) is 10.6 Å². The molecule has 1 aliphatic rings. The molecule has 114 valence electrons. The van der Waals surface area contributed by atoms with Gasteiger partial charge in [-0.05, 0) is 23.0 Å². The van der Waals surface area contributed by atoms with Gasteiger partial charge in [-0.2, -0.15) is 0 Å². The van der Waals surface area contributed by atoms with E-state index in [1.54, 1.807) is 20.8 Å². The van der Waals surface area contributed by atoms with Crippen LogP contribution >= 0.6 is 0 Å². The Kier molecular flexibility index (Phi) is 4.21. The molecule has 2 amide bonds. The van der Waals surface area contributed by atoms with Crippen molar-refractivity contribution in [3.8, 4) is 0 Å². The third-order valence-corrected chi connectivity index (χ3v) is 3.86. The molecule has 3 N–H and O–H groups in total. The quantitative estimate of drug-likeness (QED) is 0.795. The molecule has 0 fully saturated rings. The molecule has 2 atom stereocenters. The van der Waals surface area contributed by atoms with E-state index in [2.05, 4.69) is 22.8 Å². The summed E-state index contributed by atoms with van der Waals surface area (Å²) in [5.41, 5.74) is 2.05. The summed E-state index contributed by atoms with van der Waals surface area (Å²) in [4.78, 5) is 23.1. The van der Waals surface area contributed by atoms with Crippen LogP contribution in [0, 0.1) is 5.41 Å². The number of hydrogen-bond acceptors (Lipinski definition) is 2. The first-order valence-electron chi connectivity index (χ1n) is 7.14. The van der Waals surface area contributed by atoms with E-state index in [1.807, 2.05) is 12.1 Å². The Balaban J connectivity index is 1.85. The van der Waals surface area contributed by atoms with E-state index in [4.69, 9.17) is 0 Å². The highest BCUT2D eigenvalue weighted by Crippen LogP contribution is 2.33. The molecule has 21 heavy (non-hydrogen) atoms. The number of benzene rings is 1. The minimum absolute atomic E-state index is 0.324. The van der Waals surface area contributed by atoms with Gasteiger partial charge in [0, 0.05) is 12.5 Å². The SMILES string of the molecule is CC(C)(C)[C@H](NC(=O)NCC1Cc2ccccc21)C(=O)O. The molecule has 0 saturated carbocycles. The van der Waals surface area contributed by atoms with Gasteiger partial charge in [-0.15, -0.1) is 0 Å². The minimum Gasteiger partial charge on any atom is -0.480 e. The normalized spacial score (nSPS) is 18.1. The predicted molar refractivity (Wildman–Crippen MR) is 80.3 cm³/mol. The van der Waals surface area contributed by atoms with Crippen LogP contribution in [0.15, 0.2) is 24.3 Å². The third kappa shape index (κ3) is 3.54. The number of carboxylic acid groups (broad SMARTS) is 1. The van der Waals surface area contributed by atoms with Crippen LogP contribution in [0.3, 0.4) is 0 Å². The van der Waals surface area contributed by atoms with Crippen molar-refractivity contribution in [2.24, 2.45) is 5.41 Å². The average molecular weight is 290 g/mol. The Bertz CT molecular complexity index is 549. The van der Waals surface area contributed by atoms with Crippen LogP contribution in [-0.2, 0) is 11.2 Å². The fourth-order valence-corrected chi connectivity index (χ4v) is 2.59. The Morgan fingerprint density at radius 3 is 2.57 bits per heavy atom. The molecule has 0 aliphatic heterocycles. The topological polar surface area (TPSA) is 78.4 Å². The highest BCUT2D eigenvalue weighted by atomic mass is 16.4. The molecule has 1 unspecified atom stereocenters. The molecule has 0 aromatic heterocycles. The smallest absolute Gasteiger partial charge is 0.326 e. The number of amides is 2. The fourth-order valence-electron chi connectivity index (χ4n) is 2.59. The summed E-state index contributed by atoms with van der Waals surface area (Å²) in [5, 5.41) is 14.5. The first-order chi connectivity index (χ1) is 9.79. The van der Waals surface area contributed by atoms with Gasteiger partial charge in [-0.25, -0.2) is 9.59 Å². The monoisotopic (exact) mass is 290 g/mol. The van der Waals surface area contributed by atoms with Crippen LogP contribution in [0.2, 0.25) is 0 Å². The van der Waals surface area contributed by atoms with Crippen molar-refractivity contribution in [3.05, 3.63) is 35.4 Å². The molecule has 0 spiro atoms. The van der Waals surface area contributed by atoms with Gasteiger partial charge in [0.05, 0.1) is 0 Å². The zero-order valence-electron chi connectivity index (χ0n) is 12.6.